The minimum Gasteiger partial charge on any atom is -0.496 e. The van der Waals surface area contributed by atoms with Crippen LogP contribution in [0.4, 0.5) is 0 Å². The van der Waals surface area contributed by atoms with Crippen molar-refractivity contribution in [3.05, 3.63) is 17.7 Å². The van der Waals surface area contributed by atoms with Gasteiger partial charge in [-0.15, -0.1) is 0 Å². The van der Waals surface area contributed by atoms with E-state index in [0.29, 0.717) is 35.7 Å². The third-order valence-electron chi connectivity index (χ3n) is 3.98. The first-order chi connectivity index (χ1) is 9.94. The van der Waals surface area contributed by atoms with E-state index < -0.39 is 11.4 Å². The Morgan fingerprint density at radius 1 is 1.14 bits per heavy atom. The molecule has 0 aromatic heterocycles. The lowest BCUT2D eigenvalue weighted by Gasteiger charge is -2.39. The number of carboxylic acid groups (broad SMARTS) is 1. The molecule has 0 amide bonds. The average Bonchev–Trinajstić information content (AvgIpc) is 2.37. The molecule has 1 aliphatic carbocycles. The van der Waals surface area contributed by atoms with Crippen LogP contribution in [0.3, 0.4) is 0 Å². The molecule has 2 rings (SSSR count). The van der Waals surface area contributed by atoms with Gasteiger partial charge in [-0.3, -0.25) is 4.79 Å². The fraction of sp³-hybridized carbons (Fsp3) is 0.562. The molecule has 0 atom stereocenters. The number of carboxylic acids is 1. The van der Waals surface area contributed by atoms with Crippen LogP contribution in [0.5, 0.6) is 17.2 Å². The molecule has 1 N–H and O–H groups in total. The summed E-state index contributed by atoms with van der Waals surface area (Å²) in [6.07, 6.45) is 2.13. The minimum absolute atomic E-state index is 0.00778. The molecular weight excluding hydrogens is 272 g/mol. The number of carbonyl (C=O) groups is 1. The van der Waals surface area contributed by atoms with Crippen LogP contribution >= 0.6 is 0 Å². The van der Waals surface area contributed by atoms with Gasteiger partial charge in [0, 0.05) is 11.6 Å². The number of rotatable bonds is 6. The Morgan fingerprint density at radius 3 is 2.14 bits per heavy atom. The van der Waals surface area contributed by atoms with Crippen LogP contribution in [0.15, 0.2) is 12.1 Å². The van der Waals surface area contributed by atoms with Gasteiger partial charge < -0.3 is 19.3 Å². The Morgan fingerprint density at radius 2 is 1.76 bits per heavy atom. The molecule has 116 valence electrons. The van der Waals surface area contributed by atoms with Gasteiger partial charge in [0.2, 0.25) is 0 Å². The van der Waals surface area contributed by atoms with E-state index >= 15 is 0 Å². The van der Waals surface area contributed by atoms with E-state index in [-0.39, 0.29) is 6.10 Å². The molecular formula is C16H22O5. The van der Waals surface area contributed by atoms with Crippen molar-refractivity contribution in [2.75, 3.05) is 14.2 Å². The molecule has 0 spiro atoms. The zero-order chi connectivity index (χ0) is 15.6. The summed E-state index contributed by atoms with van der Waals surface area (Å²) in [7, 11) is 3.09. The summed E-state index contributed by atoms with van der Waals surface area (Å²) in [5, 5.41) is 9.61. The Labute approximate surface area is 124 Å². The lowest BCUT2D eigenvalue weighted by Crippen LogP contribution is -2.42. The second-order valence-electron chi connectivity index (χ2n) is 5.61. The second kappa shape index (κ2) is 5.84. The van der Waals surface area contributed by atoms with Crippen LogP contribution in [0.1, 0.15) is 38.7 Å². The molecule has 1 aliphatic rings. The summed E-state index contributed by atoms with van der Waals surface area (Å²) < 4.78 is 16.5. The first-order valence-electron chi connectivity index (χ1n) is 7.11. The predicted molar refractivity (Wildman–Crippen MR) is 78.5 cm³/mol. The normalized spacial score (nSPS) is 16.2. The predicted octanol–water partition coefficient (Wildman–Crippen LogP) is 3.00. The minimum atomic E-state index is -0.866. The van der Waals surface area contributed by atoms with E-state index in [0.717, 1.165) is 6.42 Å². The number of methoxy groups -OCH3 is 2. The lowest BCUT2D eigenvalue weighted by atomic mass is 9.64. The van der Waals surface area contributed by atoms with Crippen LogP contribution in [0, 0.1) is 0 Å². The van der Waals surface area contributed by atoms with Crippen molar-refractivity contribution in [3.63, 3.8) is 0 Å². The monoisotopic (exact) mass is 294 g/mol. The largest absolute Gasteiger partial charge is 0.496 e. The Hall–Kier alpha value is -1.91. The number of hydrogen-bond acceptors (Lipinski definition) is 4. The fourth-order valence-electron chi connectivity index (χ4n) is 2.72. The molecule has 1 saturated carbocycles. The van der Waals surface area contributed by atoms with Crippen molar-refractivity contribution in [3.8, 4) is 17.2 Å². The lowest BCUT2D eigenvalue weighted by molar-refractivity contribution is -0.147. The Bertz CT molecular complexity index is 532. The van der Waals surface area contributed by atoms with Gasteiger partial charge in [0.05, 0.1) is 25.7 Å². The van der Waals surface area contributed by atoms with Crippen LogP contribution < -0.4 is 14.2 Å². The zero-order valence-electron chi connectivity index (χ0n) is 12.9. The van der Waals surface area contributed by atoms with E-state index in [4.69, 9.17) is 14.2 Å². The van der Waals surface area contributed by atoms with E-state index in [1.165, 1.54) is 0 Å². The van der Waals surface area contributed by atoms with E-state index in [2.05, 4.69) is 0 Å². The highest BCUT2D eigenvalue weighted by Gasteiger charge is 2.48. The van der Waals surface area contributed by atoms with E-state index in [1.54, 1.807) is 26.4 Å². The quantitative estimate of drug-likeness (QED) is 0.873. The molecule has 1 aromatic carbocycles. The number of ether oxygens (including phenoxy) is 3. The second-order valence-corrected chi connectivity index (χ2v) is 5.61. The number of benzene rings is 1. The summed E-state index contributed by atoms with van der Waals surface area (Å²) in [6.45, 7) is 3.84. The molecule has 0 heterocycles. The molecule has 1 aromatic rings. The van der Waals surface area contributed by atoms with Crippen LogP contribution in [-0.4, -0.2) is 31.4 Å². The highest BCUT2D eigenvalue weighted by Crippen LogP contribution is 2.50. The maximum absolute atomic E-state index is 11.7. The SMILES string of the molecule is COc1cc(C2(C(=O)O)CCC2)c(OC)cc1OC(C)C. The Kier molecular flexibility index (Phi) is 4.30. The Balaban J connectivity index is 2.53. The van der Waals surface area contributed by atoms with Crippen LogP contribution in [0.2, 0.25) is 0 Å². The van der Waals surface area contributed by atoms with Crippen molar-refractivity contribution >= 4 is 5.97 Å². The molecule has 21 heavy (non-hydrogen) atoms. The molecule has 0 saturated heterocycles. The van der Waals surface area contributed by atoms with Gasteiger partial charge in [-0.25, -0.2) is 0 Å². The van der Waals surface area contributed by atoms with Crippen molar-refractivity contribution < 1.29 is 24.1 Å². The highest BCUT2D eigenvalue weighted by atomic mass is 16.5. The summed E-state index contributed by atoms with van der Waals surface area (Å²) in [5.74, 6) is 0.820. The van der Waals surface area contributed by atoms with Crippen molar-refractivity contribution in [2.45, 2.75) is 44.6 Å². The van der Waals surface area contributed by atoms with Gasteiger partial charge in [0.25, 0.3) is 0 Å². The number of aliphatic carboxylic acids is 1. The fourth-order valence-corrected chi connectivity index (χ4v) is 2.72. The van der Waals surface area contributed by atoms with Gasteiger partial charge in [-0.05, 0) is 32.8 Å². The molecule has 5 heteroatoms. The summed E-state index contributed by atoms with van der Waals surface area (Å²) in [5.41, 5.74) is -0.202. The smallest absolute Gasteiger partial charge is 0.314 e. The number of hydrogen-bond donors (Lipinski definition) is 1. The molecule has 0 unspecified atom stereocenters. The van der Waals surface area contributed by atoms with Gasteiger partial charge in [0.1, 0.15) is 5.75 Å². The molecule has 0 aliphatic heterocycles. The van der Waals surface area contributed by atoms with Gasteiger partial charge in [-0.2, -0.15) is 0 Å². The topological polar surface area (TPSA) is 65.0 Å². The highest BCUT2D eigenvalue weighted by molar-refractivity contribution is 5.84. The maximum Gasteiger partial charge on any atom is 0.314 e. The van der Waals surface area contributed by atoms with Crippen molar-refractivity contribution in [1.29, 1.82) is 0 Å². The van der Waals surface area contributed by atoms with Crippen molar-refractivity contribution in [2.24, 2.45) is 0 Å². The molecule has 0 radical (unpaired) electrons. The van der Waals surface area contributed by atoms with Gasteiger partial charge in [-0.1, -0.05) is 6.42 Å². The standard InChI is InChI=1S/C16H22O5/c1-10(2)21-14-9-12(19-3)11(8-13(14)20-4)16(15(17)18)6-5-7-16/h8-10H,5-7H2,1-4H3,(H,17,18). The van der Waals surface area contributed by atoms with E-state index in [1.807, 2.05) is 13.8 Å². The summed E-state index contributed by atoms with van der Waals surface area (Å²) in [4.78, 5) is 11.7. The third kappa shape index (κ3) is 2.64. The van der Waals surface area contributed by atoms with E-state index in [9.17, 15) is 9.90 Å². The molecule has 1 fully saturated rings. The average molecular weight is 294 g/mol. The summed E-state index contributed by atoms with van der Waals surface area (Å²) >= 11 is 0. The molecule has 5 nitrogen and oxygen atoms in total. The molecule has 0 bridgehead atoms. The van der Waals surface area contributed by atoms with Crippen molar-refractivity contribution in [1.82, 2.24) is 0 Å². The van der Waals surface area contributed by atoms with Crippen LogP contribution in [-0.2, 0) is 10.2 Å². The summed E-state index contributed by atoms with van der Waals surface area (Å²) in [6, 6.07) is 3.46. The zero-order valence-corrected chi connectivity index (χ0v) is 12.9. The first kappa shape index (κ1) is 15.5. The third-order valence-corrected chi connectivity index (χ3v) is 3.98. The van der Waals surface area contributed by atoms with Crippen LogP contribution in [0.25, 0.3) is 0 Å². The van der Waals surface area contributed by atoms with Gasteiger partial charge in [0.15, 0.2) is 11.5 Å². The van der Waals surface area contributed by atoms with Gasteiger partial charge >= 0.3 is 5.97 Å². The first-order valence-corrected chi connectivity index (χ1v) is 7.11. The maximum atomic E-state index is 11.7.